The van der Waals surface area contributed by atoms with Crippen molar-refractivity contribution in [1.29, 1.82) is 0 Å². The summed E-state index contributed by atoms with van der Waals surface area (Å²) in [6, 6.07) is 16.7. The molecule has 2 unspecified atom stereocenters. The lowest BCUT2D eigenvalue weighted by Crippen LogP contribution is -2.23. The Morgan fingerprint density at radius 3 is 2.76 bits per heavy atom. The second kappa shape index (κ2) is 6.61. The summed E-state index contributed by atoms with van der Waals surface area (Å²) in [4.78, 5) is 0. The molecule has 0 bridgehead atoms. The molecule has 3 aromatic rings. The van der Waals surface area contributed by atoms with E-state index in [0.717, 1.165) is 22.7 Å². The second-order valence-electron chi connectivity index (χ2n) is 6.24. The lowest BCUT2D eigenvalue weighted by atomic mass is 10.0. The van der Waals surface area contributed by atoms with Gasteiger partial charge in [0.25, 0.3) is 0 Å². The third-order valence-corrected chi connectivity index (χ3v) is 4.53. The van der Waals surface area contributed by atoms with E-state index in [-0.39, 0.29) is 12.1 Å². The van der Waals surface area contributed by atoms with E-state index in [4.69, 9.17) is 9.47 Å². The van der Waals surface area contributed by atoms with Gasteiger partial charge in [0.05, 0.1) is 5.69 Å². The van der Waals surface area contributed by atoms with Crippen LogP contribution in [0.3, 0.4) is 0 Å². The predicted molar refractivity (Wildman–Crippen MR) is 96.1 cm³/mol. The van der Waals surface area contributed by atoms with Gasteiger partial charge in [0, 0.05) is 30.0 Å². The summed E-state index contributed by atoms with van der Waals surface area (Å²) < 4.78 is 13.0. The molecule has 0 aliphatic carbocycles. The van der Waals surface area contributed by atoms with E-state index in [2.05, 4.69) is 54.6 Å². The Kier molecular flexibility index (Phi) is 4.15. The molecule has 2 heterocycles. The predicted octanol–water partition coefficient (Wildman–Crippen LogP) is 4.01. The number of nitrogens with zero attached hydrogens (tertiary/aromatic N) is 2. The number of hydrogen-bond donors (Lipinski definition) is 1. The Hall–Kier alpha value is -2.79. The lowest BCUT2D eigenvalue weighted by Gasteiger charge is -2.22. The van der Waals surface area contributed by atoms with Crippen LogP contribution in [0.4, 0.5) is 0 Å². The molecule has 0 amide bonds. The molecule has 1 aliphatic rings. The largest absolute Gasteiger partial charge is 0.454 e. The summed E-state index contributed by atoms with van der Waals surface area (Å²) in [5.74, 6) is 1.67. The van der Waals surface area contributed by atoms with E-state index in [0.29, 0.717) is 6.79 Å². The third-order valence-electron chi connectivity index (χ3n) is 4.53. The fourth-order valence-corrected chi connectivity index (χ4v) is 3.21. The molecule has 5 heteroatoms. The average Bonchev–Trinajstić information content (AvgIpc) is 3.33. The quantitative estimate of drug-likeness (QED) is 0.765. The van der Waals surface area contributed by atoms with Gasteiger partial charge in [-0.3, -0.25) is 0 Å². The molecule has 1 aliphatic heterocycles. The third kappa shape index (κ3) is 3.10. The maximum absolute atomic E-state index is 5.63. The zero-order chi connectivity index (χ0) is 17.2. The first-order valence-electron chi connectivity index (χ1n) is 8.47. The van der Waals surface area contributed by atoms with Crippen molar-refractivity contribution < 1.29 is 9.47 Å². The van der Waals surface area contributed by atoms with E-state index >= 15 is 0 Å². The molecule has 128 valence electrons. The number of ether oxygens (including phenoxy) is 2. The fourth-order valence-electron chi connectivity index (χ4n) is 3.21. The average molecular weight is 335 g/mol. The van der Waals surface area contributed by atoms with Crippen LogP contribution in [0, 0.1) is 0 Å². The highest BCUT2D eigenvalue weighted by Crippen LogP contribution is 2.38. The smallest absolute Gasteiger partial charge is 0.231 e. The number of nitrogens with one attached hydrogen (secondary N) is 1. The minimum Gasteiger partial charge on any atom is -0.454 e. The maximum atomic E-state index is 5.63. The van der Waals surface area contributed by atoms with Crippen molar-refractivity contribution in [2.75, 3.05) is 6.79 Å². The van der Waals surface area contributed by atoms with Gasteiger partial charge in [0.15, 0.2) is 11.5 Å². The Morgan fingerprint density at radius 2 is 1.92 bits per heavy atom. The van der Waals surface area contributed by atoms with Crippen molar-refractivity contribution in [3.63, 3.8) is 0 Å². The van der Waals surface area contributed by atoms with Crippen LogP contribution in [0.15, 0.2) is 60.9 Å². The highest BCUT2D eigenvalue weighted by atomic mass is 16.7. The molecule has 1 N–H and O–H groups in total. The summed E-state index contributed by atoms with van der Waals surface area (Å²) in [6.45, 7) is 4.60. The number of benzene rings is 2. The van der Waals surface area contributed by atoms with Crippen LogP contribution < -0.4 is 14.8 Å². The molecule has 1 aromatic heterocycles. The van der Waals surface area contributed by atoms with Gasteiger partial charge in [-0.15, -0.1) is 0 Å². The monoisotopic (exact) mass is 335 g/mol. The molecule has 4 rings (SSSR count). The van der Waals surface area contributed by atoms with E-state index < -0.39 is 0 Å². The summed E-state index contributed by atoms with van der Waals surface area (Å²) in [5, 5.41) is 7.95. The summed E-state index contributed by atoms with van der Waals surface area (Å²) in [7, 11) is 0. The van der Waals surface area contributed by atoms with E-state index in [1.807, 2.05) is 29.1 Å². The van der Waals surface area contributed by atoms with Crippen LogP contribution in [0.5, 0.6) is 11.5 Å². The minimum atomic E-state index is 0.139. The highest BCUT2D eigenvalue weighted by molar-refractivity contribution is 5.49. The van der Waals surface area contributed by atoms with Crippen LogP contribution in [0.25, 0.3) is 5.69 Å². The molecular weight excluding hydrogens is 314 g/mol. The van der Waals surface area contributed by atoms with Crippen LogP contribution in [0.1, 0.15) is 37.1 Å². The molecule has 0 saturated heterocycles. The first-order valence-corrected chi connectivity index (χ1v) is 8.47. The van der Waals surface area contributed by atoms with Gasteiger partial charge >= 0.3 is 0 Å². The highest BCUT2D eigenvalue weighted by Gasteiger charge is 2.22. The van der Waals surface area contributed by atoms with Crippen molar-refractivity contribution >= 4 is 0 Å². The SMILES string of the molecule is CC(NC(C)c1cccc2c1OCO2)c1cccc(-n2cccn2)c1. The zero-order valence-corrected chi connectivity index (χ0v) is 14.3. The second-order valence-corrected chi connectivity index (χ2v) is 6.24. The van der Waals surface area contributed by atoms with Gasteiger partial charge in [0.2, 0.25) is 6.79 Å². The number of para-hydroxylation sites is 1. The molecule has 5 nitrogen and oxygen atoms in total. The fraction of sp³-hybridized carbons (Fsp3) is 0.250. The van der Waals surface area contributed by atoms with Gasteiger partial charge in [-0.2, -0.15) is 5.10 Å². The van der Waals surface area contributed by atoms with Gasteiger partial charge in [-0.05, 0) is 43.7 Å². The number of fused-ring (bicyclic) bond motifs is 1. The molecule has 2 aromatic carbocycles. The van der Waals surface area contributed by atoms with Crippen LogP contribution in [-0.4, -0.2) is 16.6 Å². The molecule has 2 atom stereocenters. The van der Waals surface area contributed by atoms with E-state index in [1.165, 1.54) is 5.56 Å². The molecule has 25 heavy (non-hydrogen) atoms. The number of aromatic nitrogens is 2. The summed E-state index contributed by atoms with van der Waals surface area (Å²) in [6.07, 6.45) is 3.74. The van der Waals surface area contributed by atoms with Crippen molar-refractivity contribution in [2.24, 2.45) is 0 Å². The Bertz CT molecular complexity index is 861. The molecule has 0 fully saturated rings. The van der Waals surface area contributed by atoms with Gasteiger partial charge in [-0.1, -0.05) is 24.3 Å². The van der Waals surface area contributed by atoms with Crippen molar-refractivity contribution in [3.8, 4) is 17.2 Å². The first-order chi connectivity index (χ1) is 12.2. The van der Waals surface area contributed by atoms with Gasteiger partial charge < -0.3 is 14.8 Å². The number of hydrogen-bond acceptors (Lipinski definition) is 4. The van der Waals surface area contributed by atoms with Gasteiger partial charge in [-0.25, -0.2) is 4.68 Å². The number of rotatable bonds is 5. The molecular formula is C20H21N3O2. The van der Waals surface area contributed by atoms with E-state index in [1.54, 1.807) is 6.20 Å². The first kappa shape index (κ1) is 15.7. The van der Waals surface area contributed by atoms with Crippen LogP contribution in [-0.2, 0) is 0 Å². The zero-order valence-electron chi connectivity index (χ0n) is 14.3. The van der Waals surface area contributed by atoms with E-state index in [9.17, 15) is 0 Å². The van der Waals surface area contributed by atoms with Crippen molar-refractivity contribution in [1.82, 2.24) is 15.1 Å². The normalized spacial score (nSPS) is 15.1. The molecule has 0 saturated carbocycles. The van der Waals surface area contributed by atoms with Gasteiger partial charge in [0.1, 0.15) is 0 Å². The van der Waals surface area contributed by atoms with Crippen LogP contribution in [0.2, 0.25) is 0 Å². The lowest BCUT2D eigenvalue weighted by molar-refractivity contribution is 0.172. The Labute approximate surface area is 147 Å². The van der Waals surface area contributed by atoms with Crippen LogP contribution >= 0.6 is 0 Å². The Morgan fingerprint density at radius 1 is 1.04 bits per heavy atom. The van der Waals surface area contributed by atoms with Crippen molar-refractivity contribution in [2.45, 2.75) is 25.9 Å². The maximum Gasteiger partial charge on any atom is 0.231 e. The minimum absolute atomic E-state index is 0.139. The Balaban J connectivity index is 1.53. The molecule has 0 radical (unpaired) electrons. The topological polar surface area (TPSA) is 48.3 Å². The van der Waals surface area contributed by atoms with Crippen molar-refractivity contribution in [3.05, 3.63) is 72.1 Å². The summed E-state index contributed by atoms with van der Waals surface area (Å²) >= 11 is 0. The standard InChI is InChI=1S/C20H21N3O2/c1-14(16-6-3-7-17(12-16)23-11-5-10-21-23)22-15(2)18-8-4-9-19-20(18)25-13-24-19/h3-12,14-15,22H,13H2,1-2H3. The summed E-state index contributed by atoms with van der Waals surface area (Å²) in [5.41, 5.74) is 3.39. The molecule has 0 spiro atoms.